The number of ketones is 1. The molecule has 0 aromatic heterocycles. The molecule has 2 N–H and O–H groups in total. The van der Waals surface area contributed by atoms with Gasteiger partial charge in [-0.3, -0.25) is 14.9 Å². The molecule has 1 aromatic rings. The Labute approximate surface area is 190 Å². The number of Topliss-reactive ketones (excluding diaryl/α,β-unsaturated/α-hetero) is 1. The van der Waals surface area contributed by atoms with Crippen LogP contribution >= 0.6 is 11.6 Å². The smallest absolute Gasteiger partial charge is 0.388 e. The summed E-state index contributed by atoms with van der Waals surface area (Å²) in [5, 5.41) is 24.6. The Balaban J connectivity index is 0.000000278. The van der Waals surface area contributed by atoms with Crippen molar-refractivity contribution in [2.45, 2.75) is 83.5 Å². The molecule has 2 aliphatic rings. The minimum atomic E-state index is -3.94. The van der Waals surface area contributed by atoms with Crippen molar-refractivity contribution in [2.75, 3.05) is 5.32 Å². The number of nitro groups is 1. The quantitative estimate of drug-likeness (QED) is 0.284. The Morgan fingerprint density at radius 3 is 2.12 bits per heavy atom. The first-order valence-electron chi connectivity index (χ1n) is 10.6. The van der Waals surface area contributed by atoms with E-state index in [1.54, 1.807) is 13.8 Å². The highest BCUT2D eigenvalue weighted by Crippen LogP contribution is 2.49. The number of benzene rings is 1. The second-order valence-corrected chi connectivity index (χ2v) is 9.83. The number of rotatable bonds is 5. The molecule has 10 heteroatoms. The van der Waals surface area contributed by atoms with Crippen LogP contribution in [0.5, 0.6) is 0 Å². The zero-order valence-electron chi connectivity index (χ0n) is 18.7. The number of nitrogens with one attached hydrogen (secondary N) is 1. The highest BCUT2D eigenvalue weighted by atomic mass is 35.5. The lowest BCUT2D eigenvalue weighted by Crippen LogP contribution is -2.44. The fourth-order valence-electron chi connectivity index (χ4n) is 3.94. The first kappa shape index (κ1) is 26.4. The minimum Gasteiger partial charge on any atom is -0.388 e. The van der Waals surface area contributed by atoms with Gasteiger partial charge in [0.1, 0.15) is 5.69 Å². The average Bonchev–Trinajstić information content (AvgIpc) is 3.42. The lowest BCUT2D eigenvalue weighted by Gasteiger charge is -2.31. The molecule has 0 bridgehead atoms. The van der Waals surface area contributed by atoms with E-state index in [2.05, 4.69) is 5.32 Å². The van der Waals surface area contributed by atoms with Crippen LogP contribution in [0, 0.1) is 22.0 Å². The van der Waals surface area contributed by atoms with Crippen LogP contribution in [0.25, 0.3) is 0 Å². The fourth-order valence-corrected chi connectivity index (χ4v) is 4.24. The van der Waals surface area contributed by atoms with Gasteiger partial charge in [-0.15, -0.1) is 0 Å². The van der Waals surface area contributed by atoms with Gasteiger partial charge in [-0.25, -0.2) is 0 Å². The highest BCUT2D eigenvalue weighted by Gasteiger charge is 2.54. The zero-order chi connectivity index (χ0) is 24.5. The summed E-state index contributed by atoms with van der Waals surface area (Å²) < 4.78 is 36.2. The molecule has 0 unspecified atom stereocenters. The number of nitrogens with zero attached hydrogens (tertiary/aromatic N) is 1. The Morgan fingerprint density at radius 2 is 1.75 bits per heavy atom. The zero-order valence-corrected chi connectivity index (χ0v) is 19.4. The maximum Gasteiger partial charge on any atom is 0.391 e. The fraction of sp³-hybridized carbons (Fsp3) is 0.682. The Kier molecular flexibility index (Phi) is 7.87. The summed E-state index contributed by atoms with van der Waals surface area (Å²) in [7, 11) is 0. The van der Waals surface area contributed by atoms with Crippen LogP contribution in [-0.4, -0.2) is 33.1 Å². The number of halogens is 4. The first-order valence-corrected chi connectivity index (χ1v) is 11.0. The van der Waals surface area contributed by atoms with E-state index in [0.29, 0.717) is 31.6 Å². The van der Waals surface area contributed by atoms with Gasteiger partial charge in [-0.05, 0) is 58.4 Å². The summed E-state index contributed by atoms with van der Waals surface area (Å²) in [5.74, 6) is -0.856. The molecule has 3 rings (SSSR count). The van der Waals surface area contributed by atoms with E-state index >= 15 is 0 Å². The third-order valence-electron chi connectivity index (χ3n) is 6.44. The van der Waals surface area contributed by atoms with Crippen LogP contribution in [0.15, 0.2) is 12.1 Å². The molecule has 32 heavy (non-hydrogen) atoms. The molecule has 2 fully saturated rings. The normalized spacial score (nSPS) is 22.4. The SMILES string of the molecule is CC(=O)c1cc([N+](=O)[O-])c(NC2(C(C)(C)O)CC2)cc1Cl.CC1CCC(C(F)(F)F)CC1. The van der Waals surface area contributed by atoms with Gasteiger partial charge in [-0.2, -0.15) is 13.2 Å². The Bertz CT molecular complexity index is 856. The number of alkyl halides is 3. The largest absolute Gasteiger partial charge is 0.391 e. The van der Waals surface area contributed by atoms with Crippen molar-refractivity contribution in [3.05, 3.63) is 32.8 Å². The highest BCUT2D eigenvalue weighted by molar-refractivity contribution is 6.34. The number of anilines is 1. The van der Waals surface area contributed by atoms with Crippen molar-refractivity contribution in [3.8, 4) is 0 Å². The standard InChI is InChI=1S/C14H17ClN2O4.C8H13F3/c1-8(18)9-6-12(17(20)21)11(7-10(9)15)16-14(4-5-14)13(2,3)19;1-6-2-4-7(5-3-6)8(9,10)11/h6-7,16,19H,4-5H2,1-3H3;6-7H,2-5H2,1H3. The summed E-state index contributed by atoms with van der Waals surface area (Å²) in [6.45, 7) is 6.64. The molecule has 0 spiro atoms. The van der Waals surface area contributed by atoms with Gasteiger partial charge in [0.15, 0.2) is 5.78 Å². The maximum absolute atomic E-state index is 12.1. The molecule has 0 radical (unpaired) electrons. The molecule has 0 aliphatic heterocycles. The van der Waals surface area contributed by atoms with E-state index in [0.717, 1.165) is 12.8 Å². The van der Waals surface area contributed by atoms with E-state index in [-0.39, 0.29) is 27.7 Å². The van der Waals surface area contributed by atoms with Crippen molar-refractivity contribution in [2.24, 2.45) is 11.8 Å². The number of nitro benzene ring substituents is 1. The predicted molar refractivity (Wildman–Crippen MR) is 117 cm³/mol. The van der Waals surface area contributed by atoms with Gasteiger partial charge in [0.25, 0.3) is 5.69 Å². The summed E-state index contributed by atoms with van der Waals surface area (Å²) >= 11 is 6.02. The summed E-state index contributed by atoms with van der Waals surface area (Å²) in [6, 6.07) is 2.55. The number of hydrogen-bond acceptors (Lipinski definition) is 5. The van der Waals surface area contributed by atoms with E-state index in [1.165, 1.54) is 19.1 Å². The van der Waals surface area contributed by atoms with Gasteiger partial charge >= 0.3 is 6.18 Å². The van der Waals surface area contributed by atoms with Crippen LogP contribution < -0.4 is 5.32 Å². The van der Waals surface area contributed by atoms with E-state index in [9.17, 15) is 33.2 Å². The minimum absolute atomic E-state index is 0.113. The van der Waals surface area contributed by atoms with Gasteiger partial charge in [0.05, 0.1) is 27.0 Å². The molecule has 2 saturated carbocycles. The van der Waals surface area contributed by atoms with Crippen molar-refractivity contribution in [1.29, 1.82) is 0 Å². The number of carbonyl (C=O) groups is 1. The molecular weight excluding hydrogens is 449 g/mol. The molecule has 0 heterocycles. The second-order valence-electron chi connectivity index (χ2n) is 9.43. The van der Waals surface area contributed by atoms with E-state index < -0.39 is 28.2 Å². The van der Waals surface area contributed by atoms with Crippen LogP contribution in [0.4, 0.5) is 24.5 Å². The van der Waals surface area contributed by atoms with Crippen molar-refractivity contribution in [1.82, 2.24) is 0 Å². The monoisotopic (exact) mass is 478 g/mol. The lowest BCUT2D eigenvalue weighted by molar-refractivity contribution is -0.384. The number of carbonyl (C=O) groups excluding carboxylic acids is 1. The molecule has 6 nitrogen and oxygen atoms in total. The van der Waals surface area contributed by atoms with Crippen LogP contribution in [0.1, 0.15) is 76.6 Å². The molecule has 1 aromatic carbocycles. The molecule has 0 saturated heterocycles. The predicted octanol–water partition coefficient (Wildman–Crippen LogP) is 6.54. The first-order chi connectivity index (χ1) is 14.6. The summed E-state index contributed by atoms with van der Waals surface area (Å²) in [5.41, 5.74) is -1.51. The molecule has 0 atom stereocenters. The number of aliphatic hydroxyl groups is 1. The second kappa shape index (κ2) is 9.55. The molecule has 180 valence electrons. The average molecular weight is 479 g/mol. The van der Waals surface area contributed by atoms with Crippen molar-refractivity contribution >= 4 is 28.8 Å². The van der Waals surface area contributed by atoms with Gasteiger partial charge in [0.2, 0.25) is 0 Å². The molecule has 0 amide bonds. The topological polar surface area (TPSA) is 92.5 Å². The van der Waals surface area contributed by atoms with Gasteiger partial charge < -0.3 is 10.4 Å². The van der Waals surface area contributed by atoms with Crippen LogP contribution in [0.3, 0.4) is 0 Å². The third-order valence-corrected chi connectivity index (χ3v) is 6.75. The lowest BCUT2D eigenvalue weighted by atomic mass is 9.83. The van der Waals surface area contributed by atoms with E-state index in [1.807, 2.05) is 6.92 Å². The Morgan fingerprint density at radius 1 is 1.22 bits per heavy atom. The summed E-state index contributed by atoms with van der Waals surface area (Å²) in [6.07, 6.45) is -0.372. The van der Waals surface area contributed by atoms with Crippen LogP contribution in [-0.2, 0) is 0 Å². The third kappa shape index (κ3) is 6.34. The van der Waals surface area contributed by atoms with E-state index in [4.69, 9.17) is 11.6 Å². The maximum atomic E-state index is 12.1. The van der Waals surface area contributed by atoms with Crippen molar-refractivity contribution < 1.29 is 28.0 Å². The number of hydrogen-bond donors (Lipinski definition) is 2. The van der Waals surface area contributed by atoms with Gasteiger partial charge in [0, 0.05) is 11.6 Å². The molecular formula is C22H30ClF3N2O4. The van der Waals surface area contributed by atoms with Gasteiger partial charge in [-0.1, -0.05) is 31.4 Å². The summed E-state index contributed by atoms with van der Waals surface area (Å²) in [4.78, 5) is 22.1. The Hall–Kier alpha value is -1.87. The van der Waals surface area contributed by atoms with Crippen molar-refractivity contribution in [3.63, 3.8) is 0 Å². The van der Waals surface area contributed by atoms with Crippen LogP contribution in [0.2, 0.25) is 5.02 Å². The molecule has 2 aliphatic carbocycles.